The molecule has 0 saturated heterocycles. The number of hydrogen-bond donors (Lipinski definition) is 0. The maximum atomic E-state index is 12.9. The number of hydrazone groups is 1. The average molecular weight is 332 g/mol. The quantitative estimate of drug-likeness (QED) is 0.849. The lowest BCUT2D eigenvalue weighted by atomic mass is 10.2. The Hall–Kier alpha value is -2.38. The van der Waals surface area contributed by atoms with Crippen molar-refractivity contribution in [1.29, 1.82) is 0 Å². The van der Waals surface area contributed by atoms with Gasteiger partial charge in [0.25, 0.3) is 5.56 Å². The summed E-state index contributed by atoms with van der Waals surface area (Å²) < 4.78 is 4.60. The zero-order valence-electron chi connectivity index (χ0n) is 15.1. The SMILES string of the molecule is CCn1c(=O)c2c(nc3n2[C@@H](C)C(C)=NN3CC(C)C)n(C)c1=O. The van der Waals surface area contributed by atoms with E-state index in [-0.39, 0.29) is 17.3 Å². The number of aryl methyl sites for hydroxylation is 1. The Labute approximate surface area is 140 Å². The minimum atomic E-state index is -0.342. The van der Waals surface area contributed by atoms with Crippen LogP contribution in [0.4, 0.5) is 5.95 Å². The van der Waals surface area contributed by atoms with Crippen LogP contribution in [-0.4, -0.2) is 30.9 Å². The number of anilines is 1. The predicted molar refractivity (Wildman–Crippen MR) is 94.9 cm³/mol. The first-order valence-electron chi connectivity index (χ1n) is 8.32. The van der Waals surface area contributed by atoms with Crippen molar-refractivity contribution in [2.75, 3.05) is 11.6 Å². The van der Waals surface area contributed by atoms with Crippen LogP contribution < -0.4 is 16.3 Å². The van der Waals surface area contributed by atoms with E-state index in [1.807, 2.05) is 23.4 Å². The Balaban J connectivity index is 2.41. The number of aromatic nitrogens is 4. The molecular formula is C16H24N6O2. The topological polar surface area (TPSA) is 77.4 Å². The third-order valence-corrected chi connectivity index (χ3v) is 4.51. The van der Waals surface area contributed by atoms with Crippen LogP contribution in [0.25, 0.3) is 11.2 Å². The maximum Gasteiger partial charge on any atom is 0.332 e. The van der Waals surface area contributed by atoms with Gasteiger partial charge in [-0.1, -0.05) is 13.8 Å². The van der Waals surface area contributed by atoms with Gasteiger partial charge in [-0.15, -0.1) is 0 Å². The van der Waals surface area contributed by atoms with Crippen molar-refractivity contribution < 1.29 is 0 Å². The number of hydrogen-bond acceptors (Lipinski definition) is 5. The summed E-state index contributed by atoms with van der Waals surface area (Å²) in [7, 11) is 1.65. The molecule has 1 atom stereocenters. The summed E-state index contributed by atoms with van der Waals surface area (Å²) in [6.07, 6.45) is 0. The molecule has 0 saturated carbocycles. The van der Waals surface area contributed by atoms with Crippen LogP contribution in [0.1, 0.15) is 40.7 Å². The van der Waals surface area contributed by atoms with Crippen LogP contribution >= 0.6 is 0 Å². The molecule has 0 aliphatic carbocycles. The zero-order valence-corrected chi connectivity index (χ0v) is 15.1. The van der Waals surface area contributed by atoms with E-state index < -0.39 is 0 Å². The van der Waals surface area contributed by atoms with Gasteiger partial charge in [0.15, 0.2) is 11.2 Å². The Morgan fingerprint density at radius 1 is 1.25 bits per heavy atom. The van der Waals surface area contributed by atoms with Gasteiger partial charge >= 0.3 is 5.69 Å². The van der Waals surface area contributed by atoms with E-state index in [4.69, 9.17) is 0 Å². The molecule has 3 rings (SSSR count). The molecule has 0 unspecified atom stereocenters. The van der Waals surface area contributed by atoms with Gasteiger partial charge in [0, 0.05) is 20.1 Å². The van der Waals surface area contributed by atoms with Gasteiger partial charge in [0.05, 0.1) is 11.8 Å². The fourth-order valence-corrected chi connectivity index (χ4v) is 3.13. The van der Waals surface area contributed by atoms with E-state index in [1.54, 1.807) is 14.0 Å². The maximum absolute atomic E-state index is 12.9. The van der Waals surface area contributed by atoms with Crippen LogP contribution in [0.5, 0.6) is 0 Å². The molecule has 2 aromatic rings. The minimum absolute atomic E-state index is 0.0797. The van der Waals surface area contributed by atoms with Crippen molar-refractivity contribution >= 4 is 22.8 Å². The molecule has 0 N–H and O–H groups in total. The van der Waals surface area contributed by atoms with Crippen molar-refractivity contribution in [3.63, 3.8) is 0 Å². The van der Waals surface area contributed by atoms with E-state index in [9.17, 15) is 9.59 Å². The van der Waals surface area contributed by atoms with Gasteiger partial charge < -0.3 is 0 Å². The van der Waals surface area contributed by atoms with Crippen molar-refractivity contribution in [3.05, 3.63) is 20.8 Å². The van der Waals surface area contributed by atoms with Gasteiger partial charge in [0.1, 0.15) is 0 Å². The summed E-state index contributed by atoms with van der Waals surface area (Å²) in [5, 5.41) is 6.47. The molecule has 24 heavy (non-hydrogen) atoms. The van der Waals surface area contributed by atoms with Crippen LogP contribution in [0.15, 0.2) is 14.7 Å². The molecular weight excluding hydrogens is 308 g/mol. The lowest BCUT2D eigenvalue weighted by Crippen LogP contribution is -2.40. The van der Waals surface area contributed by atoms with Crippen LogP contribution in [0.3, 0.4) is 0 Å². The minimum Gasteiger partial charge on any atom is -0.294 e. The van der Waals surface area contributed by atoms with Crippen LogP contribution in [0.2, 0.25) is 0 Å². The predicted octanol–water partition coefficient (Wildman–Crippen LogP) is 1.33. The molecule has 0 spiro atoms. The van der Waals surface area contributed by atoms with Crippen molar-refractivity contribution in [2.24, 2.45) is 18.1 Å². The third-order valence-electron chi connectivity index (χ3n) is 4.51. The zero-order chi connectivity index (χ0) is 17.8. The highest BCUT2D eigenvalue weighted by Gasteiger charge is 2.30. The van der Waals surface area contributed by atoms with Crippen LogP contribution in [0, 0.1) is 5.92 Å². The second kappa shape index (κ2) is 5.61. The highest BCUT2D eigenvalue weighted by molar-refractivity contribution is 5.91. The number of fused-ring (bicyclic) bond motifs is 3. The fourth-order valence-electron chi connectivity index (χ4n) is 3.13. The number of nitrogens with zero attached hydrogens (tertiary/aromatic N) is 6. The first-order chi connectivity index (χ1) is 11.3. The van der Waals surface area contributed by atoms with Crippen molar-refractivity contribution in [2.45, 2.75) is 47.2 Å². The summed E-state index contributed by atoms with van der Waals surface area (Å²) in [5.41, 5.74) is 1.16. The summed E-state index contributed by atoms with van der Waals surface area (Å²) >= 11 is 0. The van der Waals surface area contributed by atoms with Crippen molar-refractivity contribution in [1.82, 2.24) is 18.7 Å². The van der Waals surface area contributed by atoms with Gasteiger partial charge in [-0.25, -0.2) is 9.80 Å². The Morgan fingerprint density at radius 2 is 1.92 bits per heavy atom. The monoisotopic (exact) mass is 332 g/mol. The number of imidazole rings is 1. The molecule has 0 bridgehead atoms. The molecule has 8 nitrogen and oxygen atoms in total. The summed E-state index contributed by atoms with van der Waals surface area (Å²) in [6.45, 7) is 11.0. The Morgan fingerprint density at radius 3 is 2.50 bits per heavy atom. The molecule has 0 radical (unpaired) electrons. The average Bonchev–Trinajstić information content (AvgIpc) is 2.91. The van der Waals surface area contributed by atoms with E-state index >= 15 is 0 Å². The Bertz CT molecular complexity index is 946. The fraction of sp³-hybridized carbons (Fsp3) is 0.625. The molecule has 0 fully saturated rings. The largest absolute Gasteiger partial charge is 0.332 e. The standard InChI is InChI=1S/C16H24N6O2/c1-7-20-14(23)12-13(19(6)16(20)24)17-15-21(8-9(2)3)18-10(4)11(5)22(12)15/h9,11H,7-8H2,1-6H3/t11-/m0/s1. The lowest BCUT2D eigenvalue weighted by Gasteiger charge is -2.30. The van der Waals surface area contributed by atoms with E-state index in [1.165, 1.54) is 9.13 Å². The first kappa shape index (κ1) is 16.5. The van der Waals surface area contributed by atoms with E-state index in [0.717, 1.165) is 5.71 Å². The molecule has 3 heterocycles. The highest BCUT2D eigenvalue weighted by Crippen LogP contribution is 2.30. The third kappa shape index (κ3) is 2.20. The van der Waals surface area contributed by atoms with E-state index in [2.05, 4.69) is 23.9 Å². The lowest BCUT2D eigenvalue weighted by molar-refractivity contribution is 0.571. The molecule has 130 valence electrons. The van der Waals surface area contributed by atoms with E-state index in [0.29, 0.717) is 36.1 Å². The van der Waals surface area contributed by atoms with Crippen LogP contribution in [-0.2, 0) is 13.6 Å². The molecule has 1 aliphatic rings. The highest BCUT2D eigenvalue weighted by atomic mass is 16.2. The van der Waals surface area contributed by atoms with Gasteiger partial charge in [0.2, 0.25) is 5.95 Å². The number of rotatable bonds is 3. The second-order valence-corrected chi connectivity index (χ2v) is 6.74. The molecule has 0 aromatic carbocycles. The first-order valence-corrected chi connectivity index (χ1v) is 8.32. The summed E-state index contributed by atoms with van der Waals surface area (Å²) in [4.78, 5) is 29.9. The normalized spacial score (nSPS) is 17.5. The Kier molecular flexibility index (Phi) is 3.85. The summed E-state index contributed by atoms with van der Waals surface area (Å²) in [6, 6.07) is -0.0797. The van der Waals surface area contributed by atoms with Gasteiger partial charge in [-0.05, 0) is 26.7 Å². The molecule has 8 heteroatoms. The second-order valence-electron chi connectivity index (χ2n) is 6.74. The smallest absolute Gasteiger partial charge is 0.294 e. The molecule has 1 aliphatic heterocycles. The molecule has 0 amide bonds. The van der Waals surface area contributed by atoms with Crippen molar-refractivity contribution in [3.8, 4) is 0 Å². The molecule has 2 aromatic heterocycles. The van der Waals surface area contributed by atoms with Gasteiger partial charge in [-0.3, -0.25) is 18.5 Å². The van der Waals surface area contributed by atoms with Gasteiger partial charge in [-0.2, -0.15) is 10.1 Å². The summed E-state index contributed by atoms with van der Waals surface area (Å²) in [5.74, 6) is 1.01.